The zero-order valence-corrected chi connectivity index (χ0v) is 17.2. The van der Waals surface area contributed by atoms with Crippen molar-refractivity contribution in [1.82, 2.24) is 10.2 Å². The Kier molecular flexibility index (Phi) is 6.18. The van der Waals surface area contributed by atoms with E-state index in [9.17, 15) is 9.59 Å². The molecule has 0 unspecified atom stereocenters. The van der Waals surface area contributed by atoms with E-state index in [1.54, 1.807) is 0 Å². The number of piperazine rings is 1. The Bertz CT molecular complexity index is 881. The number of rotatable bonds is 5. The lowest BCUT2D eigenvalue weighted by Crippen LogP contribution is -3.16. The van der Waals surface area contributed by atoms with Gasteiger partial charge in [0.15, 0.2) is 18.0 Å². The highest BCUT2D eigenvalue weighted by Crippen LogP contribution is 2.31. The van der Waals surface area contributed by atoms with Crippen molar-refractivity contribution in [3.05, 3.63) is 60.2 Å². The predicted octanol–water partition coefficient (Wildman–Crippen LogP) is 0.431. The molecule has 1 saturated heterocycles. The molecule has 0 aromatic heterocycles. The van der Waals surface area contributed by atoms with E-state index in [1.807, 2.05) is 66.4 Å². The highest BCUT2D eigenvalue weighted by atomic mass is 16.6. The monoisotopic (exact) mass is 410 g/mol. The molecule has 7 heteroatoms. The molecule has 2 aliphatic rings. The van der Waals surface area contributed by atoms with Crippen molar-refractivity contribution in [2.75, 3.05) is 39.3 Å². The van der Waals surface area contributed by atoms with Crippen LogP contribution >= 0.6 is 0 Å². The minimum atomic E-state index is -0.614. The number of fused-ring (bicyclic) bond motifs is 1. The lowest BCUT2D eigenvalue weighted by molar-refractivity contribution is -0.896. The Morgan fingerprint density at radius 1 is 1.07 bits per heavy atom. The second-order valence-electron chi connectivity index (χ2n) is 7.82. The molecule has 2 aromatic carbocycles. The Balaban J connectivity index is 1.23. The molecule has 2 heterocycles. The van der Waals surface area contributed by atoms with E-state index < -0.39 is 6.10 Å². The molecule has 4 rings (SSSR count). The van der Waals surface area contributed by atoms with Crippen LogP contribution in [-0.2, 0) is 9.59 Å². The van der Waals surface area contributed by atoms with E-state index in [4.69, 9.17) is 9.47 Å². The van der Waals surface area contributed by atoms with Crippen LogP contribution < -0.4 is 19.7 Å². The van der Waals surface area contributed by atoms with Gasteiger partial charge in [-0.25, -0.2) is 0 Å². The van der Waals surface area contributed by atoms with Gasteiger partial charge in [-0.3, -0.25) is 9.59 Å². The van der Waals surface area contributed by atoms with E-state index in [-0.39, 0.29) is 24.5 Å². The van der Waals surface area contributed by atoms with Gasteiger partial charge < -0.3 is 24.6 Å². The van der Waals surface area contributed by atoms with Crippen molar-refractivity contribution in [3.8, 4) is 11.5 Å². The Hall–Kier alpha value is -3.06. The topological polar surface area (TPSA) is 72.3 Å². The van der Waals surface area contributed by atoms with E-state index in [0.717, 1.165) is 18.7 Å². The summed E-state index contributed by atoms with van der Waals surface area (Å²) in [5.74, 6) is 1.26. The van der Waals surface area contributed by atoms with E-state index >= 15 is 0 Å². The first kappa shape index (κ1) is 20.2. The van der Waals surface area contributed by atoms with Gasteiger partial charge in [-0.2, -0.15) is 0 Å². The highest BCUT2D eigenvalue weighted by molar-refractivity contribution is 5.82. The second-order valence-corrected chi connectivity index (χ2v) is 7.82. The maximum atomic E-state index is 12.8. The molecule has 158 valence electrons. The summed E-state index contributed by atoms with van der Waals surface area (Å²) in [6, 6.07) is 17.3. The highest BCUT2D eigenvalue weighted by Gasteiger charge is 2.34. The molecular formula is C23H28N3O4+. The first-order valence-electron chi connectivity index (χ1n) is 10.5. The quantitative estimate of drug-likeness (QED) is 0.750. The van der Waals surface area contributed by atoms with Gasteiger partial charge in [0.25, 0.3) is 11.8 Å². The van der Waals surface area contributed by atoms with Gasteiger partial charge in [-0.15, -0.1) is 0 Å². The third-order valence-electron chi connectivity index (χ3n) is 5.65. The number of amides is 2. The first-order valence-corrected chi connectivity index (χ1v) is 10.5. The van der Waals surface area contributed by atoms with Gasteiger partial charge in [0.2, 0.25) is 6.10 Å². The first-order chi connectivity index (χ1) is 14.6. The number of hydrogen-bond donors (Lipinski definition) is 2. The van der Waals surface area contributed by atoms with Gasteiger partial charge in [0.1, 0.15) is 6.61 Å². The van der Waals surface area contributed by atoms with Crippen LogP contribution in [0.1, 0.15) is 18.5 Å². The van der Waals surface area contributed by atoms with Gasteiger partial charge in [-0.05, 0) is 24.6 Å². The maximum Gasteiger partial charge on any atom is 0.275 e. The molecule has 2 atom stereocenters. The molecule has 0 saturated carbocycles. The number of carbonyl (C=O) groups is 2. The van der Waals surface area contributed by atoms with Crippen molar-refractivity contribution in [2.45, 2.75) is 19.1 Å². The van der Waals surface area contributed by atoms with Crippen molar-refractivity contribution >= 4 is 11.8 Å². The van der Waals surface area contributed by atoms with Gasteiger partial charge in [-0.1, -0.05) is 42.5 Å². The molecule has 2 aliphatic heterocycles. The summed E-state index contributed by atoms with van der Waals surface area (Å²) >= 11 is 0. The average Bonchev–Trinajstić information content (AvgIpc) is 2.79. The molecule has 2 amide bonds. The van der Waals surface area contributed by atoms with Gasteiger partial charge >= 0.3 is 0 Å². The normalized spacial score (nSPS) is 19.8. The molecule has 1 fully saturated rings. The van der Waals surface area contributed by atoms with Gasteiger partial charge in [0.05, 0.1) is 32.2 Å². The summed E-state index contributed by atoms with van der Waals surface area (Å²) in [5.41, 5.74) is 1.09. The van der Waals surface area contributed by atoms with Crippen molar-refractivity contribution in [1.29, 1.82) is 0 Å². The summed E-state index contributed by atoms with van der Waals surface area (Å²) in [4.78, 5) is 28.3. The van der Waals surface area contributed by atoms with Crippen LogP contribution in [-0.4, -0.2) is 62.1 Å². The van der Waals surface area contributed by atoms with Crippen LogP contribution in [0, 0.1) is 0 Å². The average molecular weight is 410 g/mol. The molecular weight excluding hydrogens is 382 g/mol. The summed E-state index contributed by atoms with van der Waals surface area (Å²) in [6.07, 6.45) is -0.614. The number of ether oxygens (including phenoxy) is 2. The van der Waals surface area contributed by atoms with Crippen LogP contribution in [0.4, 0.5) is 0 Å². The number of carbonyl (C=O) groups excluding carboxylic acids is 2. The third kappa shape index (κ3) is 4.74. The Labute approximate surface area is 176 Å². The molecule has 0 aliphatic carbocycles. The van der Waals surface area contributed by atoms with Crippen LogP contribution in [0.3, 0.4) is 0 Å². The smallest absolute Gasteiger partial charge is 0.275 e. The Morgan fingerprint density at radius 3 is 2.47 bits per heavy atom. The molecule has 0 bridgehead atoms. The molecule has 2 N–H and O–H groups in total. The number of quaternary nitrogens is 1. The minimum Gasteiger partial charge on any atom is -0.485 e. The van der Waals surface area contributed by atoms with Crippen LogP contribution in [0.2, 0.25) is 0 Å². The SMILES string of the molecule is C[C@H](NC(=O)C[NH+]1CCN(C(=O)[C@@H]2COc3ccccc3O2)CC1)c1ccccc1. The van der Waals surface area contributed by atoms with Crippen molar-refractivity contribution in [3.63, 3.8) is 0 Å². The lowest BCUT2D eigenvalue weighted by Gasteiger charge is -2.35. The number of benzene rings is 2. The second kappa shape index (κ2) is 9.17. The molecule has 0 radical (unpaired) electrons. The minimum absolute atomic E-state index is 0.0210. The maximum absolute atomic E-state index is 12.8. The summed E-state index contributed by atoms with van der Waals surface area (Å²) in [7, 11) is 0. The fourth-order valence-electron chi connectivity index (χ4n) is 3.91. The number of nitrogens with zero attached hydrogens (tertiary/aromatic N) is 1. The molecule has 7 nitrogen and oxygen atoms in total. The summed E-state index contributed by atoms with van der Waals surface area (Å²) in [5, 5.41) is 3.06. The third-order valence-corrected chi connectivity index (χ3v) is 5.65. The lowest BCUT2D eigenvalue weighted by atomic mass is 10.1. The van der Waals surface area contributed by atoms with E-state index in [0.29, 0.717) is 31.1 Å². The van der Waals surface area contributed by atoms with Crippen molar-refractivity contribution < 1.29 is 24.0 Å². The fraction of sp³-hybridized carbons (Fsp3) is 0.391. The van der Waals surface area contributed by atoms with E-state index in [1.165, 1.54) is 4.90 Å². The van der Waals surface area contributed by atoms with Crippen LogP contribution in [0.15, 0.2) is 54.6 Å². The zero-order valence-electron chi connectivity index (χ0n) is 17.2. The number of para-hydroxylation sites is 2. The van der Waals surface area contributed by atoms with Gasteiger partial charge in [0, 0.05) is 0 Å². The largest absolute Gasteiger partial charge is 0.485 e. The Morgan fingerprint density at radius 2 is 1.73 bits per heavy atom. The number of hydrogen-bond acceptors (Lipinski definition) is 4. The number of nitrogens with one attached hydrogen (secondary N) is 2. The van der Waals surface area contributed by atoms with E-state index in [2.05, 4.69) is 5.32 Å². The summed E-state index contributed by atoms with van der Waals surface area (Å²) < 4.78 is 11.5. The molecule has 2 aromatic rings. The summed E-state index contributed by atoms with van der Waals surface area (Å²) in [6.45, 7) is 5.32. The van der Waals surface area contributed by atoms with Crippen LogP contribution in [0.25, 0.3) is 0 Å². The fourth-order valence-corrected chi connectivity index (χ4v) is 3.91. The van der Waals surface area contributed by atoms with Crippen molar-refractivity contribution in [2.24, 2.45) is 0 Å². The molecule has 30 heavy (non-hydrogen) atoms. The standard InChI is InChI=1S/C23H27N3O4/c1-17(18-7-3-2-4-8-18)24-22(27)15-25-11-13-26(14-12-25)23(28)21-16-29-19-9-5-6-10-20(19)30-21/h2-10,17,21H,11-16H2,1H3,(H,24,27)/p+1/t17-,21-/m0/s1. The molecule has 0 spiro atoms. The van der Waals surface area contributed by atoms with Crippen LogP contribution in [0.5, 0.6) is 11.5 Å². The zero-order chi connectivity index (χ0) is 20.9. The predicted molar refractivity (Wildman–Crippen MR) is 111 cm³/mol.